The van der Waals surface area contributed by atoms with Gasteiger partial charge in [-0.05, 0) is 31.9 Å². The van der Waals surface area contributed by atoms with Gasteiger partial charge in [-0.25, -0.2) is 0 Å². The van der Waals surface area contributed by atoms with E-state index in [-0.39, 0.29) is 0 Å². The number of likely N-dealkylation sites (N-methyl/N-ethyl adjacent to an activating group) is 1. The first-order chi connectivity index (χ1) is 6.77. The Morgan fingerprint density at radius 3 is 3.00 bits per heavy atom. The van der Waals surface area contributed by atoms with E-state index in [1.165, 1.54) is 5.57 Å². The van der Waals surface area contributed by atoms with E-state index in [4.69, 9.17) is 5.21 Å². The highest BCUT2D eigenvalue weighted by molar-refractivity contribution is 6.00. The van der Waals surface area contributed by atoms with Crippen molar-refractivity contribution in [2.75, 3.05) is 20.1 Å². The van der Waals surface area contributed by atoms with Gasteiger partial charge in [-0.15, -0.1) is 0 Å². The Balaban J connectivity index is 2.56. The van der Waals surface area contributed by atoms with Gasteiger partial charge in [-0.1, -0.05) is 24.6 Å². The summed E-state index contributed by atoms with van der Waals surface area (Å²) in [7, 11) is 2.10. The fourth-order valence-electron chi connectivity index (χ4n) is 1.72. The third-order valence-corrected chi connectivity index (χ3v) is 2.60. The highest BCUT2D eigenvalue weighted by Gasteiger charge is 2.13. The van der Waals surface area contributed by atoms with Crippen LogP contribution in [0.4, 0.5) is 0 Å². The van der Waals surface area contributed by atoms with Crippen molar-refractivity contribution in [2.24, 2.45) is 5.16 Å². The molecule has 3 heteroatoms. The molecule has 0 aromatic heterocycles. The van der Waals surface area contributed by atoms with Crippen LogP contribution < -0.4 is 0 Å². The topological polar surface area (TPSA) is 35.8 Å². The minimum Gasteiger partial charge on any atom is -0.411 e. The zero-order chi connectivity index (χ0) is 10.4. The molecule has 1 aliphatic heterocycles. The van der Waals surface area contributed by atoms with Gasteiger partial charge in [0.1, 0.15) is 0 Å². The Morgan fingerprint density at radius 1 is 1.64 bits per heavy atom. The van der Waals surface area contributed by atoms with E-state index in [1.807, 2.05) is 0 Å². The standard InChI is InChI=1S/C11H20N2O/c1-3-4-7-11(12-14)10-6-5-8-13(2)9-10/h6,14H,3-5,7-9H2,1-2H3. The van der Waals surface area contributed by atoms with Gasteiger partial charge in [0.15, 0.2) is 0 Å². The SMILES string of the molecule is CCCCC(=NO)C1=CCCN(C)C1. The Labute approximate surface area is 86.1 Å². The maximum Gasteiger partial charge on any atom is 0.0837 e. The van der Waals surface area contributed by atoms with E-state index in [9.17, 15) is 0 Å². The van der Waals surface area contributed by atoms with E-state index < -0.39 is 0 Å². The smallest absolute Gasteiger partial charge is 0.0837 e. The highest BCUT2D eigenvalue weighted by atomic mass is 16.4. The average molecular weight is 196 g/mol. The monoisotopic (exact) mass is 196 g/mol. The third kappa shape index (κ3) is 3.14. The van der Waals surface area contributed by atoms with Crippen LogP contribution >= 0.6 is 0 Å². The molecule has 0 aromatic rings. The Morgan fingerprint density at radius 2 is 2.43 bits per heavy atom. The predicted molar refractivity (Wildman–Crippen MR) is 58.9 cm³/mol. The lowest BCUT2D eigenvalue weighted by Gasteiger charge is -2.23. The van der Waals surface area contributed by atoms with Crippen molar-refractivity contribution in [3.8, 4) is 0 Å². The highest BCUT2D eigenvalue weighted by Crippen LogP contribution is 2.13. The molecule has 3 nitrogen and oxygen atoms in total. The molecule has 0 radical (unpaired) electrons. The summed E-state index contributed by atoms with van der Waals surface area (Å²) in [4.78, 5) is 2.26. The maximum atomic E-state index is 8.92. The molecule has 1 heterocycles. The van der Waals surface area contributed by atoms with Gasteiger partial charge < -0.3 is 10.1 Å². The van der Waals surface area contributed by atoms with Crippen LogP contribution in [0.1, 0.15) is 32.6 Å². The van der Waals surface area contributed by atoms with Crippen molar-refractivity contribution in [2.45, 2.75) is 32.6 Å². The Kier molecular flexibility index (Phi) is 4.66. The third-order valence-electron chi connectivity index (χ3n) is 2.60. The average Bonchev–Trinajstić information content (AvgIpc) is 2.19. The first-order valence-corrected chi connectivity index (χ1v) is 5.36. The molecule has 0 saturated carbocycles. The lowest BCUT2D eigenvalue weighted by atomic mass is 10.0. The van der Waals surface area contributed by atoms with Crippen LogP contribution in [0, 0.1) is 0 Å². The first kappa shape index (κ1) is 11.2. The summed E-state index contributed by atoms with van der Waals surface area (Å²) in [5, 5.41) is 12.3. The van der Waals surface area contributed by atoms with E-state index in [1.54, 1.807) is 0 Å². The van der Waals surface area contributed by atoms with Crippen LogP contribution in [0.5, 0.6) is 0 Å². The Bertz CT molecular complexity index is 233. The number of hydrogen-bond donors (Lipinski definition) is 1. The molecule has 80 valence electrons. The Hall–Kier alpha value is -0.830. The predicted octanol–water partition coefficient (Wildman–Crippen LogP) is 2.27. The van der Waals surface area contributed by atoms with Crippen molar-refractivity contribution in [3.63, 3.8) is 0 Å². The maximum absolute atomic E-state index is 8.92. The minimum atomic E-state index is 0.874. The molecule has 0 bridgehead atoms. The molecule has 0 unspecified atom stereocenters. The van der Waals surface area contributed by atoms with Gasteiger partial charge in [-0.3, -0.25) is 0 Å². The molecule has 1 rings (SSSR count). The van der Waals surface area contributed by atoms with Gasteiger partial charge in [0.2, 0.25) is 0 Å². The van der Waals surface area contributed by atoms with Crippen LogP contribution in [0.25, 0.3) is 0 Å². The van der Waals surface area contributed by atoms with Gasteiger partial charge in [-0.2, -0.15) is 0 Å². The summed E-state index contributed by atoms with van der Waals surface area (Å²) in [6.07, 6.45) is 6.40. The van der Waals surface area contributed by atoms with E-state index in [0.29, 0.717) is 0 Å². The van der Waals surface area contributed by atoms with Crippen molar-refractivity contribution in [1.29, 1.82) is 0 Å². The fraction of sp³-hybridized carbons (Fsp3) is 0.727. The second kappa shape index (κ2) is 5.81. The summed E-state index contributed by atoms with van der Waals surface area (Å²) < 4.78 is 0. The lowest BCUT2D eigenvalue weighted by molar-refractivity contribution is 0.315. The summed E-state index contributed by atoms with van der Waals surface area (Å²) in [5.74, 6) is 0. The minimum absolute atomic E-state index is 0.874. The zero-order valence-electron chi connectivity index (χ0n) is 9.16. The molecule has 1 aliphatic rings. The fourth-order valence-corrected chi connectivity index (χ4v) is 1.72. The molecule has 0 spiro atoms. The molecule has 0 amide bonds. The van der Waals surface area contributed by atoms with Crippen LogP contribution in [0.2, 0.25) is 0 Å². The van der Waals surface area contributed by atoms with E-state index in [0.717, 1.165) is 44.5 Å². The first-order valence-electron chi connectivity index (χ1n) is 5.36. The summed E-state index contributed by atoms with van der Waals surface area (Å²) >= 11 is 0. The molecule has 0 aromatic carbocycles. The summed E-state index contributed by atoms with van der Waals surface area (Å²) in [6, 6.07) is 0. The molecular weight excluding hydrogens is 176 g/mol. The van der Waals surface area contributed by atoms with E-state index >= 15 is 0 Å². The van der Waals surface area contributed by atoms with Crippen LogP contribution in [0.15, 0.2) is 16.8 Å². The quantitative estimate of drug-likeness (QED) is 0.425. The van der Waals surface area contributed by atoms with Gasteiger partial charge in [0.05, 0.1) is 5.71 Å². The van der Waals surface area contributed by atoms with Crippen molar-refractivity contribution in [1.82, 2.24) is 4.90 Å². The molecule has 0 aliphatic carbocycles. The zero-order valence-corrected chi connectivity index (χ0v) is 9.16. The summed E-state index contributed by atoms with van der Waals surface area (Å²) in [5.41, 5.74) is 2.08. The number of hydrogen-bond acceptors (Lipinski definition) is 3. The van der Waals surface area contributed by atoms with E-state index in [2.05, 4.69) is 30.1 Å². The molecule has 0 saturated heterocycles. The molecule has 0 atom stereocenters. The second-order valence-corrected chi connectivity index (χ2v) is 3.91. The molecular formula is C11H20N2O. The summed E-state index contributed by atoms with van der Waals surface area (Å²) in [6.45, 7) is 4.18. The van der Waals surface area contributed by atoms with Crippen LogP contribution in [-0.2, 0) is 0 Å². The number of rotatable bonds is 4. The molecule has 0 fully saturated rings. The number of unbranched alkanes of at least 4 members (excludes halogenated alkanes) is 1. The van der Waals surface area contributed by atoms with Crippen molar-refractivity contribution in [3.05, 3.63) is 11.6 Å². The van der Waals surface area contributed by atoms with Gasteiger partial charge in [0.25, 0.3) is 0 Å². The van der Waals surface area contributed by atoms with Gasteiger partial charge >= 0.3 is 0 Å². The van der Waals surface area contributed by atoms with Crippen molar-refractivity contribution < 1.29 is 5.21 Å². The van der Waals surface area contributed by atoms with Crippen molar-refractivity contribution >= 4 is 5.71 Å². The van der Waals surface area contributed by atoms with Crippen LogP contribution in [-0.4, -0.2) is 36.0 Å². The lowest BCUT2D eigenvalue weighted by Crippen LogP contribution is -2.28. The number of nitrogens with zero attached hydrogens (tertiary/aromatic N) is 2. The largest absolute Gasteiger partial charge is 0.411 e. The second-order valence-electron chi connectivity index (χ2n) is 3.91. The van der Waals surface area contributed by atoms with Gasteiger partial charge in [0, 0.05) is 13.1 Å². The molecule has 1 N–H and O–H groups in total. The van der Waals surface area contributed by atoms with Crippen LogP contribution in [0.3, 0.4) is 0 Å². The number of oxime groups is 1. The normalized spacial score (nSPS) is 19.6. The molecule has 14 heavy (non-hydrogen) atoms.